The predicted octanol–water partition coefficient (Wildman–Crippen LogP) is 2.51. The molecule has 144 valence electrons. The Bertz CT molecular complexity index is 889. The summed E-state index contributed by atoms with van der Waals surface area (Å²) in [5.74, 6) is -1.93. The number of aliphatic carboxylic acids is 1. The Hall–Kier alpha value is -3.10. The van der Waals surface area contributed by atoms with Crippen LogP contribution in [-0.2, 0) is 22.3 Å². The van der Waals surface area contributed by atoms with Gasteiger partial charge in [0.1, 0.15) is 6.54 Å². The number of pyridine rings is 1. The molecule has 1 amide bonds. The summed E-state index contributed by atoms with van der Waals surface area (Å²) in [6, 6.07) is 7.28. The van der Waals surface area contributed by atoms with Crippen LogP contribution in [0.2, 0.25) is 0 Å². The van der Waals surface area contributed by atoms with E-state index in [-0.39, 0.29) is 0 Å². The SMILES string of the molecule is Cc1ccc([C@H](CC(=O)O)NC(=O)Cn2cc(C(F)(F)F)ccc2=O)cc1. The van der Waals surface area contributed by atoms with Gasteiger partial charge in [0.05, 0.1) is 18.0 Å². The lowest BCUT2D eigenvalue weighted by molar-refractivity contribution is -0.139. The van der Waals surface area contributed by atoms with E-state index in [2.05, 4.69) is 5.32 Å². The summed E-state index contributed by atoms with van der Waals surface area (Å²) < 4.78 is 38.9. The molecule has 0 aliphatic carbocycles. The van der Waals surface area contributed by atoms with Crippen LogP contribution in [0.5, 0.6) is 0 Å². The predicted molar refractivity (Wildman–Crippen MR) is 90.0 cm³/mol. The zero-order chi connectivity index (χ0) is 20.2. The van der Waals surface area contributed by atoms with Gasteiger partial charge in [0, 0.05) is 12.3 Å². The first-order valence-corrected chi connectivity index (χ1v) is 7.91. The fraction of sp³-hybridized carbons (Fsp3) is 0.278. The van der Waals surface area contributed by atoms with Crippen molar-refractivity contribution < 1.29 is 27.9 Å². The number of carbonyl (C=O) groups is 2. The van der Waals surface area contributed by atoms with Crippen molar-refractivity contribution in [3.05, 3.63) is 69.6 Å². The monoisotopic (exact) mass is 382 g/mol. The molecule has 2 N–H and O–H groups in total. The summed E-state index contributed by atoms with van der Waals surface area (Å²) in [5.41, 5.74) is -0.360. The molecule has 0 spiro atoms. The summed E-state index contributed by atoms with van der Waals surface area (Å²) in [6.07, 6.45) is -4.51. The van der Waals surface area contributed by atoms with Crippen LogP contribution in [0.4, 0.5) is 13.2 Å². The lowest BCUT2D eigenvalue weighted by Gasteiger charge is -2.18. The van der Waals surface area contributed by atoms with Crippen LogP contribution >= 0.6 is 0 Å². The first-order chi connectivity index (χ1) is 12.6. The number of aryl methyl sites for hydroxylation is 1. The zero-order valence-corrected chi connectivity index (χ0v) is 14.3. The van der Waals surface area contributed by atoms with Crippen LogP contribution in [0.1, 0.15) is 29.2 Å². The second-order valence-electron chi connectivity index (χ2n) is 6.01. The minimum atomic E-state index is -4.65. The average molecular weight is 382 g/mol. The third-order valence-electron chi connectivity index (χ3n) is 3.82. The molecule has 0 unspecified atom stereocenters. The molecule has 2 aromatic rings. The number of halogens is 3. The molecule has 0 aliphatic heterocycles. The molecular formula is C18H17F3N2O4. The van der Waals surface area contributed by atoms with E-state index in [4.69, 9.17) is 5.11 Å². The van der Waals surface area contributed by atoms with Crippen LogP contribution in [0, 0.1) is 6.92 Å². The molecule has 0 saturated heterocycles. The molecule has 1 heterocycles. The van der Waals surface area contributed by atoms with Gasteiger partial charge in [-0.25, -0.2) is 0 Å². The molecule has 0 radical (unpaired) electrons. The van der Waals surface area contributed by atoms with Gasteiger partial charge >= 0.3 is 12.1 Å². The number of hydrogen-bond acceptors (Lipinski definition) is 3. The molecule has 1 aromatic carbocycles. The first-order valence-electron chi connectivity index (χ1n) is 7.91. The van der Waals surface area contributed by atoms with Gasteiger partial charge in [-0.2, -0.15) is 13.2 Å². The average Bonchev–Trinajstić information content (AvgIpc) is 2.55. The lowest BCUT2D eigenvalue weighted by atomic mass is 10.0. The van der Waals surface area contributed by atoms with Crippen molar-refractivity contribution in [3.63, 3.8) is 0 Å². The molecule has 2 rings (SSSR count). The standard InChI is InChI=1S/C18H17F3N2O4/c1-11-2-4-12(5-3-11)14(8-17(26)27)22-15(24)10-23-9-13(18(19,20)21)6-7-16(23)25/h2-7,9,14H,8,10H2,1H3,(H,22,24)(H,26,27)/t14-/m0/s1. The van der Waals surface area contributed by atoms with E-state index < -0.39 is 48.2 Å². The molecule has 0 fully saturated rings. The number of carbonyl (C=O) groups excluding carboxylic acids is 1. The third-order valence-corrected chi connectivity index (χ3v) is 3.82. The van der Waals surface area contributed by atoms with E-state index in [0.717, 1.165) is 11.6 Å². The number of nitrogens with one attached hydrogen (secondary N) is 1. The van der Waals surface area contributed by atoms with Crippen molar-refractivity contribution in [3.8, 4) is 0 Å². The van der Waals surface area contributed by atoms with E-state index in [0.29, 0.717) is 22.4 Å². The smallest absolute Gasteiger partial charge is 0.417 e. The maximum absolute atomic E-state index is 12.8. The van der Waals surface area contributed by atoms with Crippen molar-refractivity contribution >= 4 is 11.9 Å². The highest BCUT2D eigenvalue weighted by Crippen LogP contribution is 2.28. The molecule has 6 nitrogen and oxygen atoms in total. The lowest BCUT2D eigenvalue weighted by Crippen LogP contribution is -2.35. The highest BCUT2D eigenvalue weighted by molar-refractivity contribution is 5.77. The van der Waals surface area contributed by atoms with Crippen molar-refractivity contribution in [1.82, 2.24) is 9.88 Å². The fourth-order valence-electron chi connectivity index (χ4n) is 2.44. The summed E-state index contributed by atoms with van der Waals surface area (Å²) in [5, 5.41) is 11.5. The summed E-state index contributed by atoms with van der Waals surface area (Å²) in [4.78, 5) is 35.0. The van der Waals surface area contributed by atoms with Gasteiger partial charge in [-0.15, -0.1) is 0 Å². The Balaban J connectivity index is 2.20. The van der Waals surface area contributed by atoms with Gasteiger partial charge in [-0.3, -0.25) is 14.4 Å². The maximum atomic E-state index is 12.8. The van der Waals surface area contributed by atoms with Crippen LogP contribution in [0.3, 0.4) is 0 Å². The number of alkyl halides is 3. The molecule has 27 heavy (non-hydrogen) atoms. The minimum Gasteiger partial charge on any atom is -0.481 e. The van der Waals surface area contributed by atoms with Gasteiger partial charge in [0.15, 0.2) is 0 Å². The summed E-state index contributed by atoms with van der Waals surface area (Å²) in [6.45, 7) is 1.18. The van der Waals surface area contributed by atoms with E-state index in [1.165, 1.54) is 0 Å². The van der Waals surface area contributed by atoms with Gasteiger partial charge in [-0.05, 0) is 18.6 Å². The molecule has 9 heteroatoms. The van der Waals surface area contributed by atoms with Crippen molar-refractivity contribution in [2.75, 3.05) is 0 Å². The highest BCUT2D eigenvalue weighted by Gasteiger charge is 2.31. The maximum Gasteiger partial charge on any atom is 0.417 e. The number of hydrogen-bond donors (Lipinski definition) is 2. The Kier molecular flexibility index (Phi) is 6.04. The highest BCUT2D eigenvalue weighted by atomic mass is 19.4. The minimum absolute atomic E-state index is 0.410. The Morgan fingerprint density at radius 3 is 2.33 bits per heavy atom. The van der Waals surface area contributed by atoms with Gasteiger partial charge in [-0.1, -0.05) is 29.8 Å². The first kappa shape index (κ1) is 20.2. The third kappa shape index (κ3) is 5.70. The summed E-state index contributed by atoms with van der Waals surface area (Å²) in [7, 11) is 0. The van der Waals surface area contributed by atoms with E-state index in [9.17, 15) is 27.6 Å². The topological polar surface area (TPSA) is 88.4 Å². The van der Waals surface area contributed by atoms with E-state index in [1.54, 1.807) is 24.3 Å². The van der Waals surface area contributed by atoms with E-state index in [1.807, 2.05) is 6.92 Å². The second kappa shape index (κ2) is 8.07. The zero-order valence-electron chi connectivity index (χ0n) is 14.3. The number of nitrogens with zero attached hydrogens (tertiary/aromatic N) is 1. The van der Waals surface area contributed by atoms with Crippen LogP contribution in [-0.4, -0.2) is 21.6 Å². The number of rotatable bonds is 6. The van der Waals surface area contributed by atoms with Crippen LogP contribution < -0.4 is 10.9 Å². The number of aromatic nitrogens is 1. The van der Waals surface area contributed by atoms with Crippen molar-refractivity contribution in [1.29, 1.82) is 0 Å². The number of amides is 1. The Morgan fingerprint density at radius 2 is 1.78 bits per heavy atom. The van der Waals surface area contributed by atoms with Crippen molar-refractivity contribution in [2.24, 2.45) is 0 Å². The Morgan fingerprint density at radius 1 is 1.15 bits per heavy atom. The van der Waals surface area contributed by atoms with E-state index >= 15 is 0 Å². The van der Waals surface area contributed by atoms with Gasteiger partial charge in [0.2, 0.25) is 5.91 Å². The molecular weight excluding hydrogens is 365 g/mol. The fourth-order valence-corrected chi connectivity index (χ4v) is 2.44. The molecule has 1 atom stereocenters. The van der Waals surface area contributed by atoms with Gasteiger partial charge < -0.3 is 15.0 Å². The quantitative estimate of drug-likeness (QED) is 0.804. The Labute approximate surface area is 152 Å². The van der Waals surface area contributed by atoms with Gasteiger partial charge in [0.25, 0.3) is 5.56 Å². The largest absolute Gasteiger partial charge is 0.481 e. The molecule has 1 aromatic heterocycles. The number of benzene rings is 1. The van der Waals surface area contributed by atoms with Crippen molar-refractivity contribution in [2.45, 2.75) is 32.1 Å². The van der Waals surface area contributed by atoms with Crippen LogP contribution in [0.25, 0.3) is 0 Å². The molecule has 0 saturated carbocycles. The normalized spacial score (nSPS) is 12.4. The number of carboxylic acid groups (broad SMARTS) is 1. The molecule has 0 aliphatic rings. The summed E-state index contributed by atoms with van der Waals surface area (Å²) >= 11 is 0. The molecule has 0 bridgehead atoms. The second-order valence-corrected chi connectivity index (χ2v) is 6.01. The van der Waals surface area contributed by atoms with Crippen LogP contribution in [0.15, 0.2) is 47.4 Å². The number of carboxylic acids is 1.